The number of carbonyl (C=O) groups is 1. The van der Waals surface area contributed by atoms with Gasteiger partial charge in [0.2, 0.25) is 0 Å². The number of hydrogen-bond acceptors (Lipinski definition) is 3. The highest BCUT2D eigenvalue weighted by Crippen LogP contribution is 2.36. The quantitative estimate of drug-likeness (QED) is 0.839. The number of nitrogens with zero attached hydrogens (tertiary/aromatic N) is 1. The third-order valence-electron chi connectivity index (χ3n) is 4.43. The molecule has 1 aliphatic heterocycles. The van der Waals surface area contributed by atoms with Gasteiger partial charge in [-0.1, -0.05) is 37.6 Å². The van der Waals surface area contributed by atoms with Crippen molar-refractivity contribution in [2.24, 2.45) is 5.41 Å². The molecule has 4 nitrogen and oxygen atoms in total. The number of benzene rings is 1. The Kier molecular flexibility index (Phi) is 5.37. The molecule has 21 heavy (non-hydrogen) atoms. The normalized spacial score (nSPS) is 22.6. The number of aliphatic carboxylic acids is 1. The van der Waals surface area contributed by atoms with Crippen LogP contribution in [0.25, 0.3) is 0 Å². The van der Waals surface area contributed by atoms with E-state index in [1.807, 2.05) is 12.1 Å². The number of methoxy groups -OCH3 is 1. The minimum absolute atomic E-state index is 0.551. The number of carboxylic acids is 1. The lowest BCUT2D eigenvalue weighted by molar-refractivity contribution is -0.148. The Hall–Kier alpha value is -1.39. The summed E-state index contributed by atoms with van der Waals surface area (Å²) in [6.45, 7) is 4.97. The first-order valence-electron chi connectivity index (χ1n) is 7.63. The summed E-state index contributed by atoms with van der Waals surface area (Å²) in [5, 5.41) is 9.57. The van der Waals surface area contributed by atoms with Crippen LogP contribution in [0.4, 0.5) is 0 Å². The Morgan fingerprint density at radius 1 is 1.38 bits per heavy atom. The van der Waals surface area contributed by atoms with Gasteiger partial charge in [-0.05, 0) is 30.5 Å². The minimum atomic E-state index is -0.642. The second kappa shape index (κ2) is 7.05. The molecule has 1 aliphatic rings. The molecule has 0 amide bonds. The smallest absolute Gasteiger partial charge is 0.310 e. The standard InChI is InChI=1S/C17H25NO3/c1-3-8-17(16(19)20)9-10-18(13-17)11-14-6-4-5-7-15(14)12-21-2/h4-7H,3,8-13H2,1-2H3,(H,19,20). The average Bonchev–Trinajstić information content (AvgIpc) is 2.86. The summed E-state index contributed by atoms with van der Waals surface area (Å²) in [6, 6.07) is 8.22. The van der Waals surface area contributed by atoms with Crippen molar-refractivity contribution >= 4 is 5.97 Å². The summed E-state index contributed by atoms with van der Waals surface area (Å²) in [5.74, 6) is -0.642. The van der Waals surface area contributed by atoms with E-state index in [4.69, 9.17) is 4.74 Å². The second-order valence-electron chi connectivity index (χ2n) is 6.00. The van der Waals surface area contributed by atoms with Crippen LogP contribution in [-0.2, 0) is 22.7 Å². The topological polar surface area (TPSA) is 49.8 Å². The van der Waals surface area contributed by atoms with Gasteiger partial charge in [0.1, 0.15) is 0 Å². The van der Waals surface area contributed by atoms with Crippen LogP contribution in [0.2, 0.25) is 0 Å². The first-order chi connectivity index (χ1) is 10.1. The predicted molar refractivity (Wildman–Crippen MR) is 82.0 cm³/mol. The van der Waals surface area contributed by atoms with Gasteiger partial charge in [-0.15, -0.1) is 0 Å². The number of ether oxygens (including phenoxy) is 1. The molecule has 0 radical (unpaired) electrons. The van der Waals surface area contributed by atoms with Gasteiger partial charge in [0, 0.05) is 20.2 Å². The van der Waals surface area contributed by atoms with E-state index >= 15 is 0 Å². The van der Waals surface area contributed by atoms with E-state index in [-0.39, 0.29) is 0 Å². The molecule has 0 bridgehead atoms. The van der Waals surface area contributed by atoms with Gasteiger partial charge in [0.05, 0.1) is 12.0 Å². The monoisotopic (exact) mass is 291 g/mol. The molecule has 0 aromatic heterocycles. The molecule has 0 saturated carbocycles. The summed E-state index contributed by atoms with van der Waals surface area (Å²) < 4.78 is 5.24. The Morgan fingerprint density at radius 3 is 2.71 bits per heavy atom. The maximum atomic E-state index is 11.6. The number of hydrogen-bond donors (Lipinski definition) is 1. The van der Waals surface area contributed by atoms with E-state index in [0.29, 0.717) is 13.2 Å². The van der Waals surface area contributed by atoms with Crippen LogP contribution < -0.4 is 0 Å². The molecule has 1 atom stereocenters. The highest BCUT2D eigenvalue weighted by atomic mass is 16.5. The van der Waals surface area contributed by atoms with Gasteiger partial charge in [-0.3, -0.25) is 9.69 Å². The van der Waals surface area contributed by atoms with Crippen molar-refractivity contribution in [3.63, 3.8) is 0 Å². The van der Waals surface area contributed by atoms with Crippen LogP contribution in [0, 0.1) is 5.41 Å². The SMILES string of the molecule is CCCC1(C(=O)O)CCN(Cc2ccccc2COC)C1. The molecule has 1 fully saturated rings. The summed E-state index contributed by atoms with van der Waals surface area (Å²) in [6.07, 6.45) is 2.43. The van der Waals surface area contributed by atoms with Gasteiger partial charge in [-0.25, -0.2) is 0 Å². The van der Waals surface area contributed by atoms with Crippen molar-refractivity contribution in [2.45, 2.75) is 39.3 Å². The molecular formula is C17H25NO3. The molecule has 4 heteroatoms. The van der Waals surface area contributed by atoms with Gasteiger partial charge in [0.25, 0.3) is 0 Å². The third-order valence-corrected chi connectivity index (χ3v) is 4.43. The zero-order valence-electron chi connectivity index (χ0n) is 13.0. The van der Waals surface area contributed by atoms with Crippen LogP contribution in [0.1, 0.15) is 37.3 Å². The molecule has 1 heterocycles. The highest BCUT2D eigenvalue weighted by molar-refractivity contribution is 5.75. The second-order valence-corrected chi connectivity index (χ2v) is 6.00. The third kappa shape index (κ3) is 3.63. The van der Waals surface area contributed by atoms with Gasteiger partial charge >= 0.3 is 5.97 Å². The number of carboxylic acid groups (broad SMARTS) is 1. The Morgan fingerprint density at radius 2 is 2.10 bits per heavy atom. The molecule has 1 aromatic rings. The van der Waals surface area contributed by atoms with Crippen LogP contribution in [0.15, 0.2) is 24.3 Å². The first-order valence-corrected chi connectivity index (χ1v) is 7.63. The van der Waals surface area contributed by atoms with Crippen LogP contribution in [0.5, 0.6) is 0 Å². The van der Waals surface area contributed by atoms with Crippen LogP contribution in [-0.4, -0.2) is 36.2 Å². The fourth-order valence-electron chi connectivity index (χ4n) is 3.31. The minimum Gasteiger partial charge on any atom is -0.481 e. The van der Waals surface area contributed by atoms with Gasteiger partial charge < -0.3 is 9.84 Å². The van der Waals surface area contributed by atoms with E-state index in [1.165, 1.54) is 11.1 Å². The maximum Gasteiger partial charge on any atom is 0.310 e. The van der Waals surface area contributed by atoms with E-state index in [9.17, 15) is 9.90 Å². The van der Waals surface area contributed by atoms with Crippen LogP contribution >= 0.6 is 0 Å². The largest absolute Gasteiger partial charge is 0.481 e. The summed E-state index contributed by atoms with van der Waals surface area (Å²) >= 11 is 0. The van der Waals surface area contributed by atoms with E-state index < -0.39 is 11.4 Å². The van der Waals surface area contributed by atoms with E-state index in [2.05, 4.69) is 24.0 Å². The molecule has 2 rings (SSSR count). The lowest BCUT2D eigenvalue weighted by atomic mass is 9.83. The zero-order valence-corrected chi connectivity index (χ0v) is 13.0. The molecule has 1 saturated heterocycles. The lowest BCUT2D eigenvalue weighted by Crippen LogP contribution is -2.34. The molecule has 0 spiro atoms. The predicted octanol–water partition coefficient (Wildman–Crippen LogP) is 2.91. The van der Waals surface area contributed by atoms with E-state index in [1.54, 1.807) is 7.11 Å². The Labute approximate surface area is 126 Å². The Bertz CT molecular complexity index is 489. The van der Waals surface area contributed by atoms with Crippen molar-refractivity contribution in [3.8, 4) is 0 Å². The van der Waals surface area contributed by atoms with Crippen molar-refractivity contribution in [2.75, 3.05) is 20.2 Å². The Balaban J connectivity index is 2.07. The average molecular weight is 291 g/mol. The van der Waals surface area contributed by atoms with E-state index in [0.717, 1.165) is 32.4 Å². The molecular weight excluding hydrogens is 266 g/mol. The molecule has 0 aliphatic carbocycles. The fourth-order valence-corrected chi connectivity index (χ4v) is 3.31. The summed E-state index contributed by atoms with van der Waals surface area (Å²) in [7, 11) is 1.70. The first kappa shape index (κ1) is 16.0. The van der Waals surface area contributed by atoms with Crippen molar-refractivity contribution in [3.05, 3.63) is 35.4 Å². The van der Waals surface area contributed by atoms with Gasteiger partial charge in [-0.2, -0.15) is 0 Å². The fraction of sp³-hybridized carbons (Fsp3) is 0.588. The van der Waals surface area contributed by atoms with Crippen molar-refractivity contribution in [1.29, 1.82) is 0 Å². The van der Waals surface area contributed by atoms with Gasteiger partial charge in [0.15, 0.2) is 0 Å². The summed E-state index contributed by atoms with van der Waals surface area (Å²) in [5.41, 5.74) is 1.87. The maximum absolute atomic E-state index is 11.6. The molecule has 1 N–H and O–H groups in total. The van der Waals surface area contributed by atoms with Crippen molar-refractivity contribution in [1.82, 2.24) is 4.90 Å². The summed E-state index contributed by atoms with van der Waals surface area (Å²) in [4.78, 5) is 13.9. The van der Waals surface area contributed by atoms with Crippen LogP contribution in [0.3, 0.4) is 0 Å². The molecule has 1 aromatic carbocycles. The molecule has 116 valence electrons. The number of likely N-dealkylation sites (tertiary alicyclic amines) is 1. The zero-order chi connectivity index (χ0) is 15.3. The van der Waals surface area contributed by atoms with Crippen molar-refractivity contribution < 1.29 is 14.6 Å². The highest BCUT2D eigenvalue weighted by Gasteiger charge is 2.43. The number of rotatable bonds is 7. The molecule has 1 unspecified atom stereocenters. The lowest BCUT2D eigenvalue weighted by Gasteiger charge is -2.24.